The molecule has 1 rings (SSSR count). The lowest BCUT2D eigenvalue weighted by atomic mass is 10.2. The van der Waals surface area contributed by atoms with Crippen molar-refractivity contribution in [2.24, 2.45) is 0 Å². The van der Waals surface area contributed by atoms with Crippen molar-refractivity contribution >= 4 is 14.2 Å². The van der Waals surface area contributed by atoms with E-state index in [1.165, 1.54) is 0 Å². The third kappa shape index (κ3) is 5.15. The smallest absolute Gasteiger partial charge is 0.334 e. The van der Waals surface area contributed by atoms with Crippen LogP contribution in [0.4, 0.5) is 27.7 Å². The molecule has 0 atom stereocenters. The Morgan fingerprint density at radius 1 is 1.00 bits per heavy atom. The first-order valence-corrected chi connectivity index (χ1v) is 9.82. The van der Waals surface area contributed by atoms with Crippen LogP contribution in [-0.4, -0.2) is 28.3 Å². The standard InChI is InChI=1S/C14H20F5NO2Si/c1-4-21-23(3,22-5-2)8-6-7-20(19)11-9-10(15)12(16)14(18)13(11)17/h9H,4-8H2,1-3H3. The van der Waals surface area contributed by atoms with Gasteiger partial charge < -0.3 is 8.85 Å². The minimum atomic E-state index is -2.46. The van der Waals surface area contributed by atoms with E-state index in [2.05, 4.69) is 0 Å². The second kappa shape index (κ2) is 8.60. The predicted molar refractivity (Wildman–Crippen MR) is 79.0 cm³/mol. The van der Waals surface area contributed by atoms with E-state index in [1.807, 2.05) is 20.4 Å². The van der Waals surface area contributed by atoms with Gasteiger partial charge in [0.05, 0.1) is 6.54 Å². The molecule has 0 amide bonds. The van der Waals surface area contributed by atoms with Crippen molar-refractivity contribution in [2.75, 3.05) is 24.9 Å². The number of halogens is 5. The average molecular weight is 357 g/mol. The van der Waals surface area contributed by atoms with Crippen LogP contribution in [-0.2, 0) is 8.85 Å². The Balaban J connectivity index is 2.72. The van der Waals surface area contributed by atoms with Crippen LogP contribution in [0, 0.1) is 23.3 Å². The van der Waals surface area contributed by atoms with Crippen LogP contribution < -0.4 is 5.12 Å². The Kier molecular flexibility index (Phi) is 7.42. The summed E-state index contributed by atoms with van der Waals surface area (Å²) < 4.78 is 77.6. The number of rotatable bonds is 9. The van der Waals surface area contributed by atoms with Crippen LogP contribution in [0.15, 0.2) is 6.07 Å². The molecule has 0 unspecified atom stereocenters. The molecule has 0 saturated carbocycles. The zero-order valence-corrected chi connectivity index (χ0v) is 14.3. The Bertz CT molecular complexity index is 526. The van der Waals surface area contributed by atoms with E-state index in [4.69, 9.17) is 8.85 Å². The minimum Gasteiger partial charge on any atom is -0.395 e. The predicted octanol–water partition coefficient (Wildman–Crippen LogP) is 4.47. The lowest BCUT2D eigenvalue weighted by Crippen LogP contribution is -2.39. The molecule has 0 spiro atoms. The fourth-order valence-electron chi connectivity index (χ4n) is 2.19. The quantitative estimate of drug-likeness (QED) is 0.214. The third-order valence-electron chi connectivity index (χ3n) is 3.23. The number of nitrogens with zero attached hydrogens (tertiary/aromatic N) is 1. The Labute approximate surface area is 133 Å². The molecule has 0 N–H and O–H groups in total. The van der Waals surface area contributed by atoms with Crippen molar-refractivity contribution < 1.29 is 30.9 Å². The van der Waals surface area contributed by atoms with E-state index in [1.54, 1.807) is 0 Å². The monoisotopic (exact) mass is 357 g/mol. The molecule has 1 aromatic rings. The maximum atomic E-state index is 13.9. The second-order valence-corrected chi connectivity index (χ2v) is 8.35. The van der Waals surface area contributed by atoms with E-state index in [9.17, 15) is 22.0 Å². The van der Waals surface area contributed by atoms with Crippen molar-refractivity contribution in [1.29, 1.82) is 0 Å². The van der Waals surface area contributed by atoms with E-state index in [-0.39, 0.29) is 24.2 Å². The van der Waals surface area contributed by atoms with E-state index >= 15 is 0 Å². The Morgan fingerprint density at radius 3 is 2.09 bits per heavy atom. The van der Waals surface area contributed by atoms with Gasteiger partial charge in [0.15, 0.2) is 23.3 Å². The highest BCUT2D eigenvalue weighted by molar-refractivity contribution is 6.66. The summed E-state index contributed by atoms with van der Waals surface area (Å²) >= 11 is 0. The molecule has 0 radical (unpaired) electrons. The van der Waals surface area contributed by atoms with Crippen LogP contribution in [0.5, 0.6) is 0 Å². The van der Waals surface area contributed by atoms with E-state index in [0.29, 0.717) is 19.3 Å². The fourth-order valence-corrected chi connectivity index (χ4v) is 4.59. The molecule has 0 heterocycles. The first kappa shape index (κ1) is 19.9. The first-order valence-electron chi connectivity index (χ1n) is 7.30. The van der Waals surface area contributed by atoms with Crippen LogP contribution in [0.1, 0.15) is 20.3 Å². The van der Waals surface area contributed by atoms with Crippen molar-refractivity contribution in [1.82, 2.24) is 0 Å². The maximum absolute atomic E-state index is 13.9. The zero-order chi connectivity index (χ0) is 17.6. The second-order valence-electron chi connectivity index (χ2n) is 5.01. The highest BCUT2D eigenvalue weighted by Crippen LogP contribution is 2.27. The topological polar surface area (TPSA) is 21.7 Å². The molecule has 132 valence electrons. The molecule has 9 heteroatoms. The average Bonchev–Trinajstić information content (AvgIpc) is 2.49. The number of benzene rings is 1. The minimum absolute atomic E-state index is 0.145. The summed E-state index contributed by atoms with van der Waals surface area (Å²) in [5.41, 5.74) is -0.974. The summed E-state index contributed by atoms with van der Waals surface area (Å²) in [5.74, 6) is -7.41. The number of hydrogen-bond acceptors (Lipinski definition) is 3. The number of anilines is 1. The van der Waals surface area contributed by atoms with Gasteiger partial charge in [-0.1, -0.05) is 4.48 Å². The Morgan fingerprint density at radius 2 is 1.57 bits per heavy atom. The fraction of sp³-hybridized carbons (Fsp3) is 0.571. The van der Waals surface area contributed by atoms with Gasteiger partial charge >= 0.3 is 8.56 Å². The van der Waals surface area contributed by atoms with Crippen molar-refractivity contribution in [3.05, 3.63) is 29.3 Å². The van der Waals surface area contributed by atoms with Gasteiger partial charge in [-0.2, -0.15) is 0 Å². The van der Waals surface area contributed by atoms with Gasteiger partial charge in [0, 0.05) is 19.3 Å². The van der Waals surface area contributed by atoms with E-state index < -0.39 is 37.5 Å². The van der Waals surface area contributed by atoms with Gasteiger partial charge in [0.2, 0.25) is 0 Å². The van der Waals surface area contributed by atoms with Crippen LogP contribution in [0.2, 0.25) is 12.6 Å². The van der Waals surface area contributed by atoms with Gasteiger partial charge in [0.1, 0.15) is 5.69 Å². The first-order chi connectivity index (χ1) is 10.8. The summed E-state index contributed by atoms with van der Waals surface area (Å²) in [6.07, 6.45) is 0.222. The lowest BCUT2D eigenvalue weighted by molar-refractivity contribution is 0.188. The molecule has 23 heavy (non-hydrogen) atoms. The molecule has 3 nitrogen and oxygen atoms in total. The largest absolute Gasteiger partial charge is 0.395 e. The molecule has 0 saturated heterocycles. The molecule has 0 aromatic heterocycles. The molecule has 0 fully saturated rings. The Hall–Kier alpha value is -1.19. The highest BCUT2D eigenvalue weighted by Gasteiger charge is 2.30. The van der Waals surface area contributed by atoms with Crippen molar-refractivity contribution in [2.45, 2.75) is 32.9 Å². The van der Waals surface area contributed by atoms with Crippen LogP contribution in [0.25, 0.3) is 0 Å². The molecule has 0 aliphatic rings. The molecular formula is C14H20F5NO2Si. The molecule has 0 bridgehead atoms. The van der Waals surface area contributed by atoms with Crippen LogP contribution >= 0.6 is 0 Å². The van der Waals surface area contributed by atoms with Crippen LogP contribution in [0.3, 0.4) is 0 Å². The van der Waals surface area contributed by atoms with E-state index in [0.717, 1.165) is 0 Å². The highest BCUT2D eigenvalue weighted by atomic mass is 28.4. The summed E-state index contributed by atoms with van der Waals surface area (Å²) in [6.45, 7) is 6.01. The normalized spacial score (nSPS) is 11.8. The lowest BCUT2D eigenvalue weighted by Gasteiger charge is -2.26. The third-order valence-corrected chi connectivity index (χ3v) is 6.29. The molecule has 0 aliphatic heterocycles. The zero-order valence-electron chi connectivity index (χ0n) is 13.3. The molecular weight excluding hydrogens is 337 g/mol. The van der Waals surface area contributed by atoms with Gasteiger partial charge in [-0.3, -0.25) is 0 Å². The van der Waals surface area contributed by atoms with Crippen molar-refractivity contribution in [3.8, 4) is 0 Å². The van der Waals surface area contributed by atoms with Crippen molar-refractivity contribution in [3.63, 3.8) is 0 Å². The summed E-state index contributed by atoms with van der Waals surface area (Å²) in [4.78, 5) is 0. The summed E-state index contributed by atoms with van der Waals surface area (Å²) in [5, 5.41) is -0.145. The molecule has 0 aliphatic carbocycles. The molecule has 1 aromatic carbocycles. The summed E-state index contributed by atoms with van der Waals surface area (Å²) in [6, 6.07) is 0.707. The number of hydrogen-bond donors (Lipinski definition) is 0. The van der Waals surface area contributed by atoms with Gasteiger partial charge in [-0.05, 0) is 32.9 Å². The maximum Gasteiger partial charge on any atom is 0.334 e. The van der Waals surface area contributed by atoms with Gasteiger partial charge in [-0.15, -0.1) is 0 Å². The SMILES string of the molecule is CCO[Si](C)(CCCN(F)c1cc(F)c(F)c(F)c1F)OCC. The van der Waals surface area contributed by atoms with Gasteiger partial charge in [-0.25, -0.2) is 22.7 Å². The van der Waals surface area contributed by atoms with Gasteiger partial charge in [0.25, 0.3) is 0 Å². The summed E-state index contributed by atoms with van der Waals surface area (Å²) in [7, 11) is -2.46.